The van der Waals surface area contributed by atoms with Gasteiger partial charge >= 0.3 is 0 Å². The molecule has 0 aliphatic carbocycles. The third kappa shape index (κ3) is 2.99. The van der Waals surface area contributed by atoms with Crippen LogP contribution in [0.1, 0.15) is 5.76 Å². The molecule has 0 saturated carbocycles. The molecule has 0 unspecified atom stereocenters. The van der Waals surface area contributed by atoms with Gasteiger partial charge < -0.3 is 19.5 Å². The molecular formula is C17H18N8O2. The van der Waals surface area contributed by atoms with Gasteiger partial charge in [-0.3, -0.25) is 4.90 Å². The average molecular weight is 366 g/mol. The second kappa shape index (κ2) is 6.40. The van der Waals surface area contributed by atoms with Crippen LogP contribution in [0.15, 0.2) is 45.6 Å². The fourth-order valence-corrected chi connectivity index (χ4v) is 3.17. The lowest BCUT2D eigenvalue weighted by Gasteiger charge is -2.34. The minimum Gasteiger partial charge on any atom is -0.468 e. The predicted molar refractivity (Wildman–Crippen MR) is 96.9 cm³/mol. The number of nitrogens with two attached hydrogens (primary N) is 1. The van der Waals surface area contributed by atoms with E-state index in [-0.39, 0.29) is 5.95 Å². The van der Waals surface area contributed by atoms with Crippen molar-refractivity contribution in [1.82, 2.24) is 29.5 Å². The summed E-state index contributed by atoms with van der Waals surface area (Å²) in [4.78, 5) is 17.8. The summed E-state index contributed by atoms with van der Waals surface area (Å²) >= 11 is 0. The lowest BCUT2D eigenvalue weighted by atomic mass is 10.3. The second-order valence-corrected chi connectivity index (χ2v) is 6.35. The van der Waals surface area contributed by atoms with Crippen LogP contribution in [-0.2, 0) is 6.54 Å². The summed E-state index contributed by atoms with van der Waals surface area (Å²) in [5.74, 6) is 3.19. The van der Waals surface area contributed by atoms with Crippen molar-refractivity contribution < 1.29 is 8.83 Å². The Morgan fingerprint density at radius 1 is 0.963 bits per heavy atom. The molecule has 1 aliphatic rings. The average Bonchev–Trinajstić information content (AvgIpc) is 3.43. The Hall–Kier alpha value is -3.40. The summed E-state index contributed by atoms with van der Waals surface area (Å²) in [7, 11) is 0. The van der Waals surface area contributed by atoms with Crippen LogP contribution >= 0.6 is 0 Å². The number of nitrogens with zero attached hydrogens (tertiary/aromatic N) is 7. The number of aromatic nitrogens is 5. The van der Waals surface area contributed by atoms with Gasteiger partial charge in [-0.1, -0.05) is 0 Å². The topological polar surface area (TPSA) is 115 Å². The molecule has 27 heavy (non-hydrogen) atoms. The molecule has 5 heterocycles. The number of rotatable bonds is 4. The molecule has 0 amide bonds. The molecule has 138 valence electrons. The van der Waals surface area contributed by atoms with Crippen molar-refractivity contribution in [2.75, 3.05) is 36.8 Å². The molecule has 1 aliphatic heterocycles. The normalized spacial score (nSPS) is 15.6. The van der Waals surface area contributed by atoms with E-state index in [4.69, 9.17) is 14.6 Å². The molecule has 0 aromatic carbocycles. The van der Waals surface area contributed by atoms with E-state index in [9.17, 15) is 0 Å². The molecule has 0 bridgehead atoms. The van der Waals surface area contributed by atoms with Crippen molar-refractivity contribution >= 4 is 17.7 Å². The van der Waals surface area contributed by atoms with Gasteiger partial charge in [-0.25, -0.2) is 0 Å². The highest BCUT2D eigenvalue weighted by Crippen LogP contribution is 2.19. The van der Waals surface area contributed by atoms with E-state index in [2.05, 4.69) is 29.9 Å². The standard InChI is InChI=1S/C17H18N8O2/c18-15-20-16(21-17-19-14(22-25(15)17)13-4-2-10-27-13)24-7-5-23(6-8-24)11-12-3-1-9-26-12/h1-4,9-10H,5-8,11H2,(H2,18,19,20,21,22). The van der Waals surface area contributed by atoms with Crippen LogP contribution in [0.4, 0.5) is 11.9 Å². The van der Waals surface area contributed by atoms with Gasteiger partial charge in [-0.15, -0.1) is 5.10 Å². The van der Waals surface area contributed by atoms with Crippen LogP contribution in [0.3, 0.4) is 0 Å². The van der Waals surface area contributed by atoms with Crippen LogP contribution in [0.5, 0.6) is 0 Å². The van der Waals surface area contributed by atoms with Gasteiger partial charge in [0.1, 0.15) is 5.76 Å². The summed E-state index contributed by atoms with van der Waals surface area (Å²) in [5.41, 5.74) is 6.08. The number of fused-ring (bicyclic) bond motifs is 1. The van der Waals surface area contributed by atoms with E-state index < -0.39 is 0 Å². The van der Waals surface area contributed by atoms with Gasteiger partial charge in [0.15, 0.2) is 5.76 Å². The predicted octanol–water partition coefficient (Wildman–Crippen LogP) is 1.28. The minimum atomic E-state index is 0.248. The van der Waals surface area contributed by atoms with Crippen molar-refractivity contribution in [3.63, 3.8) is 0 Å². The molecule has 0 spiro atoms. The molecule has 1 fully saturated rings. The van der Waals surface area contributed by atoms with Crippen LogP contribution in [0.2, 0.25) is 0 Å². The fraction of sp³-hybridized carbons (Fsp3) is 0.294. The summed E-state index contributed by atoms with van der Waals surface area (Å²) in [5, 5.41) is 4.32. The zero-order chi connectivity index (χ0) is 18.2. The Morgan fingerprint density at radius 3 is 2.52 bits per heavy atom. The monoisotopic (exact) mass is 366 g/mol. The SMILES string of the molecule is Nc1nc(N2CCN(Cc3ccco3)CC2)nc2nc(-c3ccco3)nn12. The maximum absolute atomic E-state index is 6.08. The van der Waals surface area contributed by atoms with Gasteiger partial charge in [0.05, 0.1) is 19.1 Å². The maximum atomic E-state index is 6.08. The molecule has 0 atom stereocenters. The second-order valence-electron chi connectivity index (χ2n) is 6.35. The zero-order valence-electron chi connectivity index (χ0n) is 14.5. The Bertz CT molecular complexity index is 1030. The van der Waals surface area contributed by atoms with Gasteiger partial charge in [-0.05, 0) is 24.3 Å². The highest BCUT2D eigenvalue weighted by Gasteiger charge is 2.22. The Labute approximate surface area is 154 Å². The quantitative estimate of drug-likeness (QED) is 0.570. The van der Waals surface area contributed by atoms with Crippen LogP contribution in [0, 0.1) is 0 Å². The number of nitrogen functional groups attached to an aromatic ring is 1. The zero-order valence-corrected chi connectivity index (χ0v) is 14.5. The van der Waals surface area contributed by atoms with Gasteiger partial charge in [0.2, 0.25) is 17.7 Å². The van der Waals surface area contributed by atoms with E-state index in [0.717, 1.165) is 38.5 Å². The summed E-state index contributed by atoms with van der Waals surface area (Å²) in [6, 6.07) is 7.47. The van der Waals surface area contributed by atoms with Gasteiger partial charge in [0, 0.05) is 26.2 Å². The third-order valence-electron chi connectivity index (χ3n) is 4.58. The van der Waals surface area contributed by atoms with Crippen molar-refractivity contribution in [3.8, 4) is 11.6 Å². The first-order valence-electron chi connectivity index (χ1n) is 8.70. The van der Waals surface area contributed by atoms with E-state index in [1.165, 1.54) is 4.52 Å². The lowest BCUT2D eigenvalue weighted by Crippen LogP contribution is -2.46. The molecule has 5 rings (SSSR count). The smallest absolute Gasteiger partial charge is 0.259 e. The lowest BCUT2D eigenvalue weighted by molar-refractivity contribution is 0.229. The first kappa shape index (κ1) is 15.8. The fourth-order valence-electron chi connectivity index (χ4n) is 3.17. The summed E-state index contributed by atoms with van der Waals surface area (Å²) in [6.07, 6.45) is 3.27. The highest BCUT2D eigenvalue weighted by molar-refractivity contribution is 5.53. The van der Waals surface area contributed by atoms with E-state index in [0.29, 0.717) is 23.3 Å². The number of furan rings is 2. The van der Waals surface area contributed by atoms with E-state index in [1.54, 1.807) is 24.7 Å². The molecule has 10 heteroatoms. The van der Waals surface area contributed by atoms with Crippen molar-refractivity contribution in [3.05, 3.63) is 42.6 Å². The molecule has 10 nitrogen and oxygen atoms in total. The summed E-state index contributed by atoms with van der Waals surface area (Å²) in [6.45, 7) is 4.18. The number of hydrogen-bond acceptors (Lipinski definition) is 9. The van der Waals surface area contributed by atoms with Crippen molar-refractivity contribution in [2.45, 2.75) is 6.54 Å². The molecule has 2 N–H and O–H groups in total. The largest absolute Gasteiger partial charge is 0.468 e. The first-order chi connectivity index (χ1) is 13.3. The number of anilines is 2. The maximum Gasteiger partial charge on any atom is 0.259 e. The van der Waals surface area contributed by atoms with Gasteiger partial charge in [0.25, 0.3) is 5.78 Å². The third-order valence-corrected chi connectivity index (χ3v) is 4.58. The van der Waals surface area contributed by atoms with E-state index in [1.807, 2.05) is 12.1 Å². The summed E-state index contributed by atoms with van der Waals surface area (Å²) < 4.78 is 12.2. The van der Waals surface area contributed by atoms with Crippen molar-refractivity contribution in [1.29, 1.82) is 0 Å². The molecule has 0 radical (unpaired) electrons. The Kier molecular flexibility index (Phi) is 3.75. The van der Waals surface area contributed by atoms with Gasteiger partial charge in [-0.2, -0.15) is 19.5 Å². The van der Waals surface area contributed by atoms with Crippen molar-refractivity contribution in [2.24, 2.45) is 0 Å². The molecule has 1 saturated heterocycles. The molecule has 4 aromatic heterocycles. The number of piperazine rings is 1. The Balaban J connectivity index is 1.34. The van der Waals surface area contributed by atoms with Crippen LogP contribution < -0.4 is 10.6 Å². The molecule has 4 aromatic rings. The van der Waals surface area contributed by atoms with E-state index >= 15 is 0 Å². The van der Waals surface area contributed by atoms with Crippen LogP contribution in [-0.4, -0.2) is 55.6 Å². The highest BCUT2D eigenvalue weighted by atomic mass is 16.3. The first-order valence-corrected chi connectivity index (χ1v) is 8.70. The minimum absolute atomic E-state index is 0.248. The Morgan fingerprint density at radius 2 is 1.78 bits per heavy atom. The number of hydrogen-bond donors (Lipinski definition) is 1. The molecular weight excluding hydrogens is 348 g/mol. The van der Waals surface area contributed by atoms with Crippen LogP contribution in [0.25, 0.3) is 17.4 Å².